The Labute approximate surface area is 175 Å². The fourth-order valence-corrected chi connectivity index (χ4v) is 4.56. The highest BCUT2D eigenvalue weighted by Crippen LogP contribution is 2.30. The van der Waals surface area contributed by atoms with Crippen molar-refractivity contribution in [3.05, 3.63) is 53.6 Å². The summed E-state index contributed by atoms with van der Waals surface area (Å²) in [4.78, 5) is 21.8. The lowest BCUT2D eigenvalue weighted by Crippen LogP contribution is -2.36. The molecule has 1 aromatic heterocycles. The smallest absolute Gasteiger partial charge is 0.260 e. The molecule has 6 nitrogen and oxygen atoms in total. The molecule has 3 rings (SSSR count). The Kier molecular flexibility index (Phi) is 6.36. The maximum Gasteiger partial charge on any atom is 0.260 e. The van der Waals surface area contributed by atoms with Crippen LogP contribution in [-0.2, 0) is 16.3 Å². The predicted octanol–water partition coefficient (Wildman–Crippen LogP) is 3.47. The number of benzene rings is 2. The van der Waals surface area contributed by atoms with E-state index < -0.39 is 9.84 Å². The second-order valence-corrected chi connectivity index (χ2v) is 10.2. The Hall–Kier alpha value is -2.29. The van der Waals surface area contributed by atoms with Crippen LogP contribution in [0.1, 0.15) is 22.8 Å². The highest BCUT2D eigenvalue weighted by atomic mass is 32.2. The molecule has 0 unspecified atom stereocenters. The Morgan fingerprint density at radius 3 is 2.34 bits per heavy atom. The van der Waals surface area contributed by atoms with E-state index in [1.807, 2.05) is 25.1 Å². The Bertz CT molecular complexity index is 1120. The molecular formula is C21H25N3O3S2. The summed E-state index contributed by atoms with van der Waals surface area (Å²) in [6.45, 7) is 3.28. The number of fused-ring (bicyclic) bond motifs is 1. The number of aryl methyl sites for hydroxylation is 1. The number of thiazole rings is 1. The van der Waals surface area contributed by atoms with E-state index in [1.165, 1.54) is 29.0 Å². The number of anilines is 1. The van der Waals surface area contributed by atoms with Crippen LogP contribution >= 0.6 is 11.3 Å². The first-order valence-electron chi connectivity index (χ1n) is 9.35. The zero-order valence-corrected chi connectivity index (χ0v) is 18.7. The van der Waals surface area contributed by atoms with Gasteiger partial charge in [-0.25, -0.2) is 13.4 Å². The van der Waals surface area contributed by atoms with Crippen molar-refractivity contribution in [1.29, 1.82) is 0 Å². The summed E-state index contributed by atoms with van der Waals surface area (Å²) >= 11 is 1.50. The van der Waals surface area contributed by atoms with Gasteiger partial charge in [0, 0.05) is 24.9 Å². The summed E-state index contributed by atoms with van der Waals surface area (Å²) in [5.74, 6) is -0.193. The Morgan fingerprint density at radius 2 is 1.76 bits per heavy atom. The molecule has 0 aliphatic carbocycles. The molecule has 8 heteroatoms. The highest BCUT2D eigenvalue weighted by molar-refractivity contribution is 7.90. The zero-order valence-electron chi connectivity index (χ0n) is 17.0. The molecule has 0 saturated heterocycles. The molecule has 154 valence electrons. The minimum absolute atomic E-state index is 0.193. The van der Waals surface area contributed by atoms with Gasteiger partial charge in [0.25, 0.3) is 5.91 Å². The number of aromatic nitrogens is 1. The van der Waals surface area contributed by atoms with E-state index in [4.69, 9.17) is 0 Å². The molecule has 1 amide bonds. The molecule has 0 atom stereocenters. The lowest BCUT2D eigenvalue weighted by molar-refractivity contribution is 0.0985. The van der Waals surface area contributed by atoms with Gasteiger partial charge >= 0.3 is 0 Å². The van der Waals surface area contributed by atoms with E-state index in [2.05, 4.69) is 24.0 Å². The predicted molar refractivity (Wildman–Crippen MR) is 119 cm³/mol. The SMILES string of the molecule is CCc1ccc2nc(N(CCN(C)C)C(=O)c3ccc(S(C)(=O)=O)cc3)sc2c1. The maximum absolute atomic E-state index is 13.2. The molecule has 0 bridgehead atoms. The Balaban J connectivity index is 1.97. The number of amides is 1. The molecule has 0 radical (unpaired) electrons. The van der Waals surface area contributed by atoms with Gasteiger partial charge in [0.05, 0.1) is 15.1 Å². The first-order valence-corrected chi connectivity index (χ1v) is 12.1. The van der Waals surface area contributed by atoms with Crippen LogP contribution < -0.4 is 4.90 Å². The molecule has 3 aromatic rings. The van der Waals surface area contributed by atoms with E-state index in [0.717, 1.165) is 22.9 Å². The molecule has 0 N–H and O–H groups in total. The van der Waals surface area contributed by atoms with Crippen molar-refractivity contribution < 1.29 is 13.2 Å². The van der Waals surface area contributed by atoms with E-state index in [0.29, 0.717) is 23.8 Å². The summed E-state index contributed by atoms with van der Waals surface area (Å²) in [5.41, 5.74) is 2.54. The standard InChI is InChI=1S/C21H25N3O3S2/c1-5-15-6-11-18-19(14-15)28-21(22-18)24(13-12-23(2)3)20(25)16-7-9-17(10-8-16)29(4,26)27/h6-11,14H,5,12-13H2,1-4H3. The van der Waals surface area contributed by atoms with Gasteiger partial charge in [-0.2, -0.15) is 0 Å². The van der Waals surface area contributed by atoms with Crippen LogP contribution in [0.4, 0.5) is 5.13 Å². The largest absolute Gasteiger partial charge is 0.308 e. The molecule has 0 aliphatic rings. The van der Waals surface area contributed by atoms with Gasteiger partial charge in [-0.15, -0.1) is 0 Å². The number of likely N-dealkylation sites (N-methyl/N-ethyl adjacent to an activating group) is 1. The van der Waals surface area contributed by atoms with Gasteiger partial charge in [-0.3, -0.25) is 9.69 Å². The molecule has 0 saturated carbocycles. The van der Waals surface area contributed by atoms with Crippen molar-refractivity contribution >= 4 is 42.4 Å². The lowest BCUT2D eigenvalue weighted by Gasteiger charge is -2.22. The molecule has 2 aromatic carbocycles. The number of sulfone groups is 1. The van der Waals surface area contributed by atoms with Crippen LogP contribution in [0, 0.1) is 0 Å². The number of hydrogen-bond donors (Lipinski definition) is 0. The lowest BCUT2D eigenvalue weighted by atomic mass is 10.2. The minimum atomic E-state index is -3.31. The van der Waals surface area contributed by atoms with E-state index >= 15 is 0 Å². The highest BCUT2D eigenvalue weighted by Gasteiger charge is 2.22. The molecule has 29 heavy (non-hydrogen) atoms. The summed E-state index contributed by atoms with van der Waals surface area (Å²) in [5, 5.41) is 0.646. The fourth-order valence-electron chi connectivity index (χ4n) is 2.88. The first-order chi connectivity index (χ1) is 13.7. The summed E-state index contributed by atoms with van der Waals surface area (Å²) < 4.78 is 24.4. The topological polar surface area (TPSA) is 70.6 Å². The molecule has 0 aliphatic heterocycles. The number of carbonyl (C=O) groups is 1. The maximum atomic E-state index is 13.2. The summed E-state index contributed by atoms with van der Waals surface area (Å²) in [6, 6.07) is 12.2. The number of carbonyl (C=O) groups excluding carboxylic acids is 1. The second-order valence-electron chi connectivity index (χ2n) is 7.21. The summed E-state index contributed by atoms with van der Waals surface area (Å²) in [6.07, 6.45) is 2.10. The third-order valence-electron chi connectivity index (χ3n) is 4.63. The average molecular weight is 432 g/mol. The van der Waals surface area contributed by atoms with Crippen molar-refractivity contribution in [2.24, 2.45) is 0 Å². The van der Waals surface area contributed by atoms with Crippen LogP contribution in [0.5, 0.6) is 0 Å². The Morgan fingerprint density at radius 1 is 1.07 bits per heavy atom. The van der Waals surface area contributed by atoms with Crippen molar-refractivity contribution in [2.45, 2.75) is 18.2 Å². The second kappa shape index (κ2) is 8.61. The van der Waals surface area contributed by atoms with Crippen molar-refractivity contribution in [3.63, 3.8) is 0 Å². The van der Waals surface area contributed by atoms with Crippen molar-refractivity contribution in [2.75, 3.05) is 38.3 Å². The number of nitrogens with zero attached hydrogens (tertiary/aromatic N) is 3. The van der Waals surface area contributed by atoms with Gasteiger partial charge in [0.2, 0.25) is 0 Å². The third-order valence-corrected chi connectivity index (χ3v) is 6.80. The van der Waals surface area contributed by atoms with Gasteiger partial charge in [0.15, 0.2) is 15.0 Å². The fraction of sp³-hybridized carbons (Fsp3) is 0.333. The monoisotopic (exact) mass is 431 g/mol. The van der Waals surface area contributed by atoms with Gasteiger partial charge in [0.1, 0.15) is 0 Å². The quantitative estimate of drug-likeness (QED) is 0.573. The number of rotatable bonds is 7. The molecular weight excluding hydrogens is 406 g/mol. The van der Waals surface area contributed by atoms with Gasteiger partial charge < -0.3 is 4.90 Å². The molecule has 0 fully saturated rings. The van der Waals surface area contributed by atoms with Crippen molar-refractivity contribution in [3.8, 4) is 0 Å². The van der Waals surface area contributed by atoms with Crippen LogP contribution in [0.15, 0.2) is 47.4 Å². The first kappa shape index (κ1) is 21.4. The van der Waals surface area contributed by atoms with Gasteiger partial charge in [-0.1, -0.05) is 24.3 Å². The van der Waals surface area contributed by atoms with E-state index in [9.17, 15) is 13.2 Å². The average Bonchev–Trinajstić information content (AvgIpc) is 3.09. The normalized spacial score (nSPS) is 11.9. The van der Waals surface area contributed by atoms with Crippen LogP contribution in [-0.4, -0.2) is 57.6 Å². The van der Waals surface area contributed by atoms with Crippen molar-refractivity contribution in [1.82, 2.24) is 9.88 Å². The minimum Gasteiger partial charge on any atom is -0.308 e. The zero-order chi connectivity index (χ0) is 21.2. The van der Waals surface area contributed by atoms with E-state index in [-0.39, 0.29) is 10.8 Å². The van der Waals surface area contributed by atoms with Gasteiger partial charge in [-0.05, 0) is 62.5 Å². The van der Waals surface area contributed by atoms with Crippen LogP contribution in [0.2, 0.25) is 0 Å². The number of hydrogen-bond acceptors (Lipinski definition) is 6. The third kappa shape index (κ3) is 5.01. The van der Waals surface area contributed by atoms with E-state index in [1.54, 1.807) is 17.0 Å². The summed E-state index contributed by atoms with van der Waals surface area (Å²) in [7, 11) is 0.603. The van der Waals surface area contributed by atoms with Crippen LogP contribution in [0.3, 0.4) is 0 Å². The van der Waals surface area contributed by atoms with Crippen LogP contribution in [0.25, 0.3) is 10.2 Å². The molecule has 1 heterocycles. The molecule has 0 spiro atoms.